The molecule has 2 N–H and O–H groups in total. The number of nitrogens with zero attached hydrogens (tertiary/aromatic N) is 3. The molecule has 0 bridgehead atoms. The third kappa shape index (κ3) is 2.65. The predicted molar refractivity (Wildman–Crippen MR) is 94.1 cm³/mol. The number of aromatic nitrogens is 4. The molecule has 4 heterocycles. The van der Waals surface area contributed by atoms with Crippen molar-refractivity contribution >= 4 is 34.1 Å². The van der Waals surface area contributed by atoms with E-state index in [-0.39, 0.29) is 5.91 Å². The Morgan fingerprint density at radius 1 is 1.12 bits per heavy atom. The molecule has 0 fully saturated rings. The molecule has 4 aromatic rings. The highest BCUT2D eigenvalue weighted by Gasteiger charge is 2.13. The first-order valence-electron chi connectivity index (χ1n) is 7.35. The second kappa shape index (κ2) is 5.86. The molecule has 24 heavy (non-hydrogen) atoms. The Morgan fingerprint density at radius 2 is 2.04 bits per heavy atom. The molecule has 0 unspecified atom stereocenters. The normalized spacial score (nSPS) is 10.9. The van der Waals surface area contributed by atoms with Gasteiger partial charge in [-0.2, -0.15) is 0 Å². The number of rotatable bonds is 3. The lowest BCUT2D eigenvalue weighted by Gasteiger charge is -2.07. The Hall–Kier alpha value is -3.06. The number of aryl methyl sites for hydroxylation is 1. The predicted octanol–water partition coefficient (Wildman–Crippen LogP) is 3.64. The average molecular weight is 335 g/mol. The fourth-order valence-corrected chi connectivity index (χ4v) is 3.14. The third-order valence-electron chi connectivity index (χ3n) is 3.51. The van der Waals surface area contributed by atoms with Crippen LogP contribution in [0.25, 0.3) is 21.6 Å². The summed E-state index contributed by atoms with van der Waals surface area (Å²) in [7, 11) is 0. The average Bonchev–Trinajstić information content (AvgIpc) is 3.26. The number of carbonyl (C=O) groups excluding carboxylic acids is 1. The van der Waals surface area contributed by atoms with E-state index in [1.54, 1.807) is 30.5 Å². The summed E-state index contributed by atoms with van der Waals surface area (Å²) in [4.78, 5) is 29.7. The van der Waals surface area contributed by atoms with E-state index in [9.17, 15) is 4.79 Å². The van der Waals surface area contributed by atoms with Gasteiger partial charge in [-0.3, -0.25) is 4.79 Å². The number of nitrogens with one attached hydrogen (secondary N) is 2. The Balaban J connectivity index is 1.67. The topological polar surface area (TPSA) is 83.6 Å². The lowest BCUT2D eigenvalue weighted by atomic mass is 10.2. The van der Waals surface area contributed by atoms with Gasteiger partial charge in [-0.25, -0.2) is 15.0 Å². The van der Waals surface area contributed by atoms with Crippen LogP contribution < -0.4 is 5.32 Å². The molecule has 0 saturated carbocycles. The van der Waals surface area contributed by atoms with Crippen LogP contribution in [0.4, 0.5) is 5.82 Å². The zero-order chi connectivity index (χ0) is 16.5. The van der Waals surface area contributed by atoms with Crippen LogP contribution in [-0.4, -0.2) is 25.8 Å². The molecular weight excluding hydrogens is 322 g/mol. The highest BCUT2D eigenvalue weighted by molar-refractivity contribution is 7.13. The van der Waals surface area contributed by atoms with Crippen LogP contribution in [0.2, 0.25) is 0 Å². The van der Waals surface area contributed by atoms with Crippen LogP contribution in [0.5, 0.6) is 0 Å². The van der Waals surface area contributed by atoms with Gasteiger partial charge >= 0.3 is 0 Å². The standard InChI is InChI=1S/C17H13N5OS/c1-10-19-15-11(7-8-18-15)16(20-10)22-17(23)13-5-2-4-12(21-13)14-6-3-9-24-14/h2-9H,1H3,(H2,18,19,20,22,23). The minimum absolute atomic E-state index is 0.297. The van der Waals surface area contributed by atoms with Gasteiger partial charge in [-0.1, -0.05) is 12.1 Å². The highest BCUT2D eigenvalue weighted by Crippen LogP contribution is 2.23. The van der Waals surface area contributed by atoms with Crippen molar-refractivity contribution in [1.82, 2.24) is 19.9 Å². The Labute approximate surface area is 141 Å². The van der Waals surface area contributed by atoms with Crippen molar-refractivity contribution in [2.75, 3.05) is 5.32 Å². The van der Waals surface area contributed by atoms with Crippen LogP contribution in [0.3, 0.4) is 0 Å². The molecular formula is C17H13N5OS. The van der Waals surface area contributed by atoms with E-state index in [4.69, 9.17) is 0 Å². The molecule has 1 amide bonds. The SMILES string of the molecule is Cc1nc(NC(=O)c2cccc(-c3cccs3)n2)c2cc[nH]c2n1. The number of hydrogen-bond acceptors (Lipinski definition) is 5. The molecule has 0 aliphatic carbocycles. The Bertz CT molecular complexity index is 1020. The number of aromatic amines is 1. The number of amides is 1. The minimum Gasteiger partial charge on any atom is -0.346 e. The quantitative estimate of drug-likeness (QED) is 0.599. The van der Waals surface area contributed by atoms with Crippen LogP contribution in [0.15, 0.2) is 48.0 Å². The Kier molecular flexibility index (Phi) is 3.55. The fraction of sp³-hybridized carbons (Fsp3) is 0.0588. The van der Waals surface area contributed by atoms with Crippen LogP contribution in [0.1, 0.15) is 16.3 Å². The van der Waals surface area contributed by atoms with E-state index in [1.807, 2.05) is 35.7 Å². The van der Waals surface area contributed by atoms with Crippen molar-refractivity contribution in [3.05, 3.63) is 59.5 Å². The highest BCUT2D eigenvalue weighted by atomic mass is 32.1. The van der Waals surface area contributed by atoms with Gasteiger partial charge in [-0.05, 0) is 36.6 Å². The molecule has 7 heteroatoms. The number of thiophene rings is 1. The van der Waals surface area contributed by atoms with Crippen molar-refractivity contribution in [2.45, 2.75) is 6.92 Å². The monoisotopic (exact) mass is 335 g/mol. The molecule has 6 nitrogen and oxygen atoms in total. The van der Waals surface area contributed by atoms with Crippen molar-refractivity contribution in [1.29, 1.82) is 0 Å². The maximum Gasteiger partial charge on any atom is 0.275 e. The Morgan fingerprint density at radius 3 is 2.88 bits per heavy atom. The first kappa shape index (κ1) is 14.5. The summed E-state index contributed by atoms with van der Waals surface area (Å²) >= 11 is 1.59. The second-order valence-electron chi connectivity index (χ2n) is 5.20. The van der Waals surface area contributed by atoms with Crippen LogP contribution >= 0.6 is 11.3 Å². The lowest BCUT2D eigenvalue weighted by Crippen LogP contribution is -2.15. The maximum absolute atomic E-state index is 12.6. The molecule has 0 aliphatic rings. The lowest BCUT2D eigenvalue weighted by molar-refractivity contribution is 0.102. The number of fused-ring (bicyclic) bond motifs is 1. The van der Waals surface area contributed by atoms with E-state index in [2.05, 4.69) is 25.3 Å². The van der Waals surface area contributed by atoms with Gasteiger partial charge in [0.2, 0.25) is 0 Å². The molecule has 0 aromatic carbocycles. The molecule has 0 aliphatic heterocycles. The summed E-state index contributed by atoms with van der Waals surface area (Å²) in [5.41, 5.74) is 1.82. The van der Waals surface area contributed by atoms with Gasteiger partial charge < -0.3 is 10.3 Å². The summed E-state index contributed by atoms with van der Waals surface area (Å²) in [6.45, 7) is 1.78. The van der Waals surface area contributed by atoms with Crippen molar-refractivity contribution in [3.8, 4) is 10.6 Å². The van der Waals surface area contributed by atoms with Crippen LogP contribution in [0, 0.1) is 6.92 Å². The number of hydrogen-bond donors (Lipinski definition) is 2. The van der Waals surface area contributed by atoms with E-state index < -0.39 is 0 Å². The zero-order valence-corrected chi connectivity index (χ0v) is 13.6. The fourth-order valence-electron chi connectivity index (χ4n) is 2.44. The summed E-state index contributed by atoms with van der Waals surface area (Å²) in [5.74, 6) is 0.765. The zero-order valence-electron chi connectivity index (χ0n) is 12.8. The summed E-state index contributed by atoms with van der Waals surface area (Å²) in [6.07, 6.45) is 1.77. The molecule has 4 rings (SSSR count). The van der Waals surface area contributed by atoms with Gasteiger partial charge in [-0.15, -0.1) is 11.3 Å². The van der Waals surface area contributed by atoms with Crippen molar-refractivity contribution in [2.24, 2.45) is 0 Å². The van der Waals surface area contributed by atoms with Crippen LogP contribution in [-0.2, 0) is 0 Å². The van der Waals surface area contributed by atoms with Crippen molar-refractivity contribution < 1.29 is 4.79 Å². The first-order valence-corrected chi connectivity index (χ1v) is 8.23. The van der Waals surface area contributed by atoms with Gasteiger partial charge in [0.25, 0.3) is 5.91 Å². The molecule has 0 radical (unpaired) electrons. The molecule has 4 aromatic heterocycles. The molecule has 118 valence electrons. The number of carbonyl (C=O) groups is 1. The second-order valence-corrected chi connectivity index (χ2v) is 6.15. The molecule has 0 saturated heterocycles. The largest absolute Gasteiger partial charge is 0.346 e. The molecule has 0 atom stereocenters. The van der Waals surface area contributed by atoms with Gasteiger partial charge in [0.15, 0.2) is 0 Å². The summed E-state index contributed by atoms with van der Waals surface area (Å²) < 4.78 is 0. The van der Waals surface area contributed by atoms with Gasteiger partial charge in [0.05, 0.1) is 16.0 Å². The number of H-pyrrole nitrogens is 1. The van der Waals surface area contributed by atoms with E-state index >= 15 is 0 Å². The number of anilines is 1. The van der Waals surface area contributed by atoms with Gasteiger partial charge in [0, 0.05) is 6.20 Å². The van der Waals surface area contributed by atoms with E-state index in [1.165, 1.54) is 0 Å². The minimum atomic E-state index is -0.297. The van der Waals surface area contributed by atoms with Gasteiger partial charge in [0.1, 0.15) is 23.0 Å². The number of pyridine rings is 1. The van der Waals surface area contributed by atoms with E-state index in [0.717, 1.165) is 16.0 Å². The smallest absolute Gasteiger partial charge is 0.275 e. The van der Waals surface area contributed by atoms with Crippen molar-refractivity contribution in [3.63, 3.8) is 0 Å². The summed E-state index contributed by atoms with van der Waals surface area (Å²) in [6, 6.07) is 11.2. The summed E-state index contributed by atoms with van der Waals surface area (Å²) in [5, 5.41) is 5.58. The molecule has 0 spiro atoms. The first-order chi connectivity index (χ1) is 11.7. The van der Waals surface area contributed by atoms with E-state index in [0.29, 0.717) is 23.0 Å². The maximum atomic E-state index is 12.6. The third-order valence-corrected chi connectivity index (χ3v) is 4.41.